The minimum Gasteiger partial charge on any atom is -0.396 e. The minimum atomic E-state index is -0.645. The van der Waals surface area contributed by atoms with Crippen LogP contribution in [0.3, 0.4) is 0 Å². The Kier molecular flexibility index (Phi) is 5.49. The first kappa shape index (κ1) is 15.9. The van der Waals surface area contributed by atoms with E-state index in [2.05, 4.69) is 5.32 Å². The number of nitrogens with one attached hydrogen (secondary N) is 1. The summed E-state index contributed by atoms with van der Waals surface area (Å²) in [7, 11) is 1.49. The average molecular weight is 281 g/mol. The Bertz CT molecular complexity index is 503. The topological polar surface area (TPSA) is 75.4 Å². The Hall–Kier alpha value is -2.11. The van der Waals surface area contributed by atoms with Crippen LogP contribution in [-0.2, 0) is 4.79 Å². The fraction of sp³-hybridized carbons (Fsp3) is 0.429. The normalized spacial score (nSPS) is 10.4. The van der Waals surface area contributed by atoms with E-state index in [9.17, 15) is 14.0 Å². The Labute approximate surface area is 117 Å². The molecule has 0 aliphatic rings. The number of halogens is 1. The summed E-state index contributed by atoms with van der Waals surface area (Å²) in [5.41, 5.74) is 5.50. The van der Waals surface area contributed by atoms with E-state index in [4.69, 9.17) is 5.73 Å². The monoisotopic (exact) mass is 281 g/mol. The number of carbonyl (C=O) groups is 2. The van der Waals surface area contributed by atoms with Crippen LogP contribution in [-0.4, -0.2) is 36.9 Å². The van der Waals surface area contributed by atoms with Gasteiger partial charge in [0.2, 0.25) is 5.91 Å². The summed E-state index contributed by atoms with van der Waals surface area (Å²) in [6, 6.07) is 3.83. The Morgan fingerprint density at radius 1 is 1.40 bits per heavy atom. The third-order valence-corrected chi connectivity index (χ3v) is 2.68. The summed E-state index contributed by atoms with van der Waals surface area (Å²) in [5, 5.41) is 2.71. The molecule has 6 heteroatoms. The van der Waals surface area contributed by atoms with E-state index in [0.717, 1.165) is 6.07 Å². The fourth-order valence-electron chi connectivity index (χ4n) is 1.54. The number of rotatable bonds is 5. The van der Waals surface area contributed by atoms with E-state index in [0.29, 0.717) is 12.5 Å². The standard InChI is InChI=1S/C14H20FN3O2/c1-9(2)7-17-13(19)8-18(3)14(20)10-4-5-12(16)11(15)6-10/h4-6,9H,7-8,16H2,1-3H3,(H,17,19). The van der Waals surface area contributed by atoms with E-state index < -0.39 is 11.7 Å². The molecular weight excluding hydrogens is 261 g/mol. The van der Waals surface area contributed by atoms with E-state index >= 15 is 0 Å². The Morgan fingerprint density at radius 3 is 2.60 bits per heavy atom. The van der Waals surface area contributed by atoms with Gasteiger partial charge in [-0.25, -0.2) is 4.39 Å². The number of nitrogen functional groups attached to an aromatic ring is 1. The van der Waals surface area contributed by atoms with Gasteiger partial charge in [0.15, 0.2) is 0 Å². The quantitative estimate of drug-likeness (QED) is 0.798. The highest BCUT2D eigenvalue weighted by atomic mass is 19.1. The molecule has 3 N–H and O–H groups in total. The van der Waals surface area contributed by atoms with Crippen molar-refractivity contribution in [2.75, 3.05) is 25.9 Å². The molecule has 0 aliphatic heterocycles. The summed E-state index contributed by atoms with van der Waals surface area (Å²) in [5.74, 6) is -0.978. The van der Waals surface area contributed by atoms with Crippen molar-refractivity contribution in [3.05, 3.63) is 29.6 Å². The molecule has 0 aromatic heterocycles. The van der Waals surface area contributed by atoms with Crippen molar-refractivity contribution >= 4 is 17.5 Å². The molecule has 0 saturated carbocycles. The minimum absolute atomic E-state index is 0.0149. The lowest BCUT2D eigenvalue weighted by Gasteiger charge is -2.17. The molecule has 1 aromatic carbocycles. The lowest BCUT2D eigenvalue weighted by Crippen LogP contribution is -2.39. The van der Waals surface area contributed by atoms with Crippen molar-refractivity contribution in [3.8, 4) is 0 Å². The van der Waals surface area contributed by atoms with Crippen molar-refractivity contribution in [1.82, 2.24) is 10.2 Å². The van der Waals surface area contributed by atoms with Gasteiger partial charge in [-0.3, -0.25) is 9.59 Å². The second kappa shape index (κ2) is 6.88. The SMILES string of the molecule is CC(C)CNC(=O)CN(C)C(=O)c1ccc(N)c(F)c1. The number of likely N-dealkylation sites (N-methyl/N-ethyl adjacent to an activating group) is 1. The molecular formula is C14H20FN3O2. The van der Waals surface area contributed by atoms with Crippen LogP contribution in [0.15, 0.2) is 18.2 Å². The molecule has 2 amide bonds. The van der Waals surface area contributed by atoms with Crippen molar-refractivity contribution in [2.45, 2.75) is 13.8 Å². The van der Waals surface area contributed by atoms with Gasteiger partial charge in [-0.1, -0.05) is 13.8 Å². The molecule has 0 bridgehead atoms. The molecule has 20 heavy (non-hydrogen) atoms. The highest BCUT2D eigenvalue weighted by Gasteiger charge is 2.16. The smallest absolute Gasteiger partial charge is 0.254 e. The third-order valence-electron chi connectivity index (χ3n) is 2.68. The molecule has 1 aromatic rings. The fourth-order valence-corrected chi connectivity index (χ4v) is 1.54. The van der Waals surface area contributed by atoms with Gasteiger partial charge >= 0.3 is 0 Å². The first-order valence-electron chi connectivity index (χ1n) is 6.38. The van der Waals surface area contributed by atoms with Gasteiger partial charge in [0.05, 0.1) is 12.2 Å². The second-order valence-corrected chi connectivity index (χ2v) is 5.10. The predicted octanol–water partition coefficient (Wildman–Crippen LogP) is 1.25. The van der Waals surface area contributed by atoms with Crippen LogP contribution in [0.25, 0.3) is 0 Å². The van der Waals surface area contributed by atoms with Crippen molar-refractivity contribution in [3.63, 3.8) is 0 Å². The van der Waals surface area contributed by atoms with Crippen molar-refractivity contribution in [2.24, 2.45) is 5.92 Å². The molecule has 110 valence electrons. The number of anilines is 1. The van der Waals surface area contributed by atoms with E-state index in [-0.39, 0.29) is 23.7 Å². The van der Waals surface area contributed by atoms with Crippen LogP contribution in [0.1, 0.15) is 24.2 Å². The number of carbonyl (C=O) groups excluding carboxylic acids is 2. The van der Waals surface area contributed by atoms with Gasteiger partial charge in [-0.05, 0) is 24.1 Å². The highest BCUT2D eigenvalue weighted by molar-refractivity contribution is 5.96. The number of hydrogen-bond donors (Lipinski definition) is 2. The zero-order chi connectivity index (χ0) is 15.3. The maximum atomic E-state index is 13.3. The summed E-state index contributed by atoms with van der Waals surface area (Å²) < 4.78 is 13.3. The molecule has 0 heterocycles. The van der Waals surface area contributed by atoms with Crippen LogP contribution in [0.5, 0.6) is 0 Å². The average Bonchev–Trinajstić information content (AvgIpc) is 2.38. The van der Waals surface area contributed by atoms with Gasteiger partial charge in [0, 0.05) is 19.2 Å². The lowest BCUT2D eigenvalue weighted by molar-refractivity contribution is -0.121. The Morgan fingerprint density at radius 2 is 2.05 bits per heavy atom. The zero-order valence-electron chi connectivity index (χ0n) is 11.9. The van der Waals surface area contributed by atoms with E-state index in [1.807, 2.05) is 13.8 Å². The maximum Gasteiger partial charge on any atom is 0.254 e. The van der Waals surface area contributed by atoms with E-state index in [1.165, 1.54) is 24.1 Å². The molecule has 1 rings (SSSR count). The maximum absolute atomic E-state index is 13.3. The van der Waals surface area contributed by atoms with Crippen LogP contribution < -0.4 is 11.1 Å². The molecule has 0 saturated heterocycles. The largest absolute Gasteiger partial charge is 0.396 e. The summed E-state index contributed by atoms with van der Waals surface area (Å²) >= 11 is 0. The van der Waals surface area contributed by atoms with Gasteiger partial charge in [0.25, 0.3) is 5.91 Å². The molecule has 0 aliphatic carbocycles. The van der Waals surface area contributed by atoms with Crippen LogP contribution in [0.2, 0.25) is 0 Å². The molecule has 5 nitrogen and oxygen atoms in total. The van der Waals surface area contributed by atoms with Crippen LogP contribution >= 0.6 is 0 Å². The summed E-state index contributed by atoms with van der Waals surface area (Å²) in [4.78, 5) is 24.9. The Balaban J connectivity index is 2.62. The number of amides is 2. The van der Waals surface area contributed by atoms with Crippen LogP contribution in [0.4, 0.5) is 10.1 Å². The first-order chi connectivity index (χ1) is 9.31. The third kappa shape index (κ3) is 4.53. The summed E-state index contributed by atoms with van der Waals surface area (Å²) in [6.45, 7) is 4.44. The summed E-state index contributed by atoms with van der Waals surface area (Å²) in [6.07, 6.45) is 0. The van der Waals surface area contributed by atoms with Gasteiger partial charge in [-0.15, -0.1) is 0 Å². The highest BCUT2D eigenvalue weighted by Crippen LogP contribution is 2.13. The van der Waals surface area contributed by atoms with Crippen LogP contribution in [0, 0.1) is 11.7 Å². The molecule has 0 radical (unpaired) electrons. The molecule has 0 fully saturated rings. The zero-order valence-corrected chi connectivity index (χ0v) is 11.9. The van der Waals surface area contributed by atoms with E-state index in [1.54, 1.807) is 0 Å². The second-order valence-electron chi connectivity index (χ2n) is 5.10. The van der Waals surface area contributed by atoms with Gasteiger partial charge in [0.1, 0.15) is 5.82 Å². The number of hydrogen-bond acceptors (Lipinski definition) is 3. The lowest BCUT2D eigenvalue weighted by atomic mass is 10.1. The first-order valence-corrected chi connectivity index (χ1v) is 6.38. The number of benzene rings is 1. The van der Waals surface area contributed by atoms with Crippen molar-refractivity contribution in [1.29, 1.82) is 0 Å². The predicted molar refractivity (Wildman–Crippen MR) is 75.6 cm³/mol. The van der Waals surface area contributed by atoms with Gasteiger partial charge in [-0.2, -0.15) is 0 Å². The number of nitrogens with two attached hydrogens (primary N) is 1. The van der Waals surface area contributed by atoms with Gasteiger partial charge < -0.3 is 16.0 Å². The van der Waals surface area contributed by atoms with Crippen molar-refractivity contribution < 1.29 is 14.0 Å². The molecule has 0 unspecified atom stereocenters. The number of nitrogens with zero attached hydrogens (tertiary/aromatic N) is 1. The molecule has 0 atom stereocenters. The molecule has 0 spiro atoms.